The molecular formula is C13H14BrN3. The summed E-state index contributed by atoms with van der Waals surface area (Å²) < 4.78 is 0.943. The maximum absolute atomic E-state index is 4.61. The lowest BCUT2D eigenvalue weighted by Crippen LogP contribution is -2.43. The van der Waals surface area contributed by atoms with E-state index in [1.165, 1.54) is 11.1 Å². The van der Waals surface area contributed by atoms with Crippen LogP contribution >= 0.6 is 15.9 Å². The van der Waals surface area contributed by atoms with Crippen molar-refractivity contribution >= 4 is 32.5 Å². The van der Waals surface area contributed by atoms with E-state index in [0.717, 1.165) is 36.3 Å². The number of nitrogens with one attached hydrogen (secondary N) is 1. The zero-order valence-corrected chi connectivity index (χ0v) is 11.1. The number of para-hydroxylation sites is 1. The fourth-order valence-corrected chi connectivity index (χ4v) is 2.77. The summed E-state index contributed by atoms with van der Waals surface area (Å²) >= 11 is 3.58. The summed E-state index contributed by atoms with van der Waals surface area (Å²) in [6, 6.07) is 10.4. The van der Waals surface area contributed by atoms with Gasteiger partial charge < -0.3 is 10.2 Å². The number of pyridine rings is 1. The molecule has 17 heavy (non-hydrogen) atoms. The lowest BCUT2D eigenvalue weighted by molar-refractivity contribution is 0.588. The van der Waals surface area contributed by atoms with Crippen LogP contribution < -0.4 is 10.2 Å². The van der Waals surface area contributed by atoms with Crippen LogP contribution in [0, 0.1) is 0 Å². The van der Waals surface area contributed by atoms with Crippen LogP contribution in [0.15, 0.2) is 34.9 Å². The fourth-order valence-electron chi connectivity index (χ4n) is 2.21. The van der Waals surface area contributed by atoms with Crippen molar-refractivity contribution < 1.29 is 0 Å². The van der Waals surface area contributed by atoms with Gasteiger partial charge in [0.2, 0.25) is 0 Å². The van der Waals surface area contributed by atoms with E-state index < -0.39 is 0 Å². The monoisotopic (exact) mass is 291 g/mol. The van der Waals surface area contributed by atoms with Gasteiger partial charge in [-0.25, -0.2) is 4.98 Å². The normalized spacial score (nSPS) is 16.4. The predicted molar refractivity (Wildman–Crippen MR) is 74.5 cm³/mol. The molecule has 1 aliphatic rings. The Hall–Kier alpha value is -1.13. The minimum atomic E-state index is 0.943. The summed E-state index contributed by atoms with van der Waals surface area (Å²) in [5.41, 5.74) is 2.24. The van der Waals surface area contributed by atoms with Gasteiger partial charge in [-0.1, -0.05) is 18.2 Å². The molecule has 2 aromatic rings. The van der Waals surface area contributed by atoms with E-state index in [9.17, 15) is 0 Å². The fraction of sp³-hybridized carbons (Fsp3) is 0.308. The Morgan fingerprint density at radius 1 is 1.18 bits per heavy atom. The first-order valence-electron chi connectivity index (χ1n) is 5.85. The van der Waals surface area contributed by atoms with Crippen LogP contribution in [0.1, 0.15) is 0 Å². The maximum atomic E-state index is 4.61. The van der Waals surface area contributed by atoms with Gasteiger partial charge in [-0.3, -0.25) is 0 Å². The summed E-state index contributed by atoms with van der Waals surface area (Å²) in [7, 11) is 0. The second-order valence-electron chi connectivity index (χ2n) is 4.23. The van der Waals surface area contributed by atoms with E-state index in [1.54, 1.807) is 0 Å². The first-order chi connectivity index (χ1) is 8.34. The second-order valence-corrected chi connectivity index (χ2v) is 4.98. The molecule has 1 aromatic carbocycles. The molecule has 0 radical (unpaired) electrons. The molecule has 1 aromatic heterocycles. The predicted octanol–water partition coefficient (Wildman–Crippen LogP) is 2.41. The van der Waals surface area contributed by atoms with E-state index in [1.807, 2.05) is 12.1 Å². The van der Waals surface area contributed by atoms with Gasteiger partial charge in [-0.2, -0.15) is 0 Å². The number of anilines is 1. The van der Waals surface area contributed by atoms with Crippen LogP contribution in [0.25, 0.3) is 10.9 Å². The lowest BCUT2D eigenvalue weighted by atomic mass is 10.2. The number of rotatable bonds is 1. The van der Waals surface area contributed by atoms with Gasteiger partial charge in [0.1, 0.15) is 4.60 Å². The molecule has 1 fully saturated rings. The van der Waals surface area contributed by atoms with Crippen LogP contribution in [0.3, 0.4) is 0 Å². The third-order valence-corrected chi connectivity index (χ3v) is 3.70. The van der Waals surface area contributed by atoms with Crippen LogP contribution in [0.5, 0.6) is 0 Å². The van der Waals surface area contributed by atoms with E-state index in [-0.39, 0.29) is 0 Å². The quantitative estimate of drug-likeness (QED) is 0.818. The molecule has 3 nitrogen and oxygen atoms in total. The maximum Gasteiger partial charge on any atom is 0.130 e. The molecule has 0 atom stereocenters. The Morgan fingerprint density at radius 2 is 1.94 bits per heavy atom. The van der Waals surface area contributed by atoms with Crippen molar-refractivity contribution in [1.82, 2.24) is 10.3 Å². The van der Waals surface area contributed by atoms with Crippen molar-refractivity contribution in [2.45, 2.75) is 0 Å². The van der Waals surface area contributed by atoms with E-state index in [2.05, 4.69) is 49.3 Å². The highest BCUT2D eigenvalue weighted by Gasteiger charge is 2.14. The largest absolute Gasteiger partial charge is 0.367 e. The average Bonchev–Trinajstić information content (AvgIpc) is 2.39. The molecule has 3 rings (SSSR count). The molecular weight excluding hydrogens is 278 g/mol. The molecule has 1 N–H and O–H groups in total. The molecule has 0 aliphatic carbocycles. The summed E-state index contributed by atoms with van der Waals surface area (Å²) in [5, 5.41) is 4.56. The zero-order chi connectivity index (χ0) is 11.7. The molecule has 0 spiro atoms. The summed E-state index contributed by atoms with van der Waals surface area (Å²) in [6.07, 6.45) is 0. The van der Waals surface area contributed by atoms with Gasteiger partial charge in [0.15, 0.2) is 0 Å². The number of hydrogen-bond acceptors (Lipinski definition) is 3. The highest BCUT2D eigenvalue weighted by atomic mass is 79.9. The second kappa shape index (κ2) is 4.63. The van der Waals surface area contributed by atoms with Crippen LogP contribution in [0.4, 0.5) is 5.69 Å². The van der Waals surface area contributed by atoms with E-state index in [4.69, 9.17) is 0 Å². The Bertz CT molecular complexity index is 535. The highest BCUT2D eigenvalue weighted by Crippen LogP contribution is 2.28. The smallest absolute Gasteiger partial charge is 0.130 e. The number of halogens is 1. The van der Waals surface area contributed by atoms with Crippen molar-refractivity contribution in [2.75, 3.05) is 31.1 Å². The summed E-state index contributed by atoms with van der Waals surface area (Å²) in [4.78, 5) is 6.98. The van der Waals surface area contributed by atoms with Gasteiger partial charge in [0.05, 0.1) is 11.2 Å². The van der Waals surface area contributed by atoms with Gasteiger partial charge in [-0.05, 0) is 28.1 Å². The molecule has 0 saturated carbocycles. The first-order valence-corrected chi connectivity index (χ1v) is 6.65. The minimum absolute atomic E-state index is 0.943. The molecule has 0 amide bonds. The van der Waals surface area contributed by atoms with Gasteiger partial charge in [0, 0.05) is 31.6 Å². The summed E-state index contributed by atoms with van der Waals surface area (Å²) in [6.45, 7) is 4.16. The molecule has 0 unspecified atom stereocenters. The molecule has 0 bridgehead atoms. The Morgan fingerprint density at radius 3 is 2.76 bits per heavy atom. The topological polar surface area (TPSA) is 28.2 Å². The third kappa shape index (κ3) is 2.15. The van der Waals surface area contributed by atoms with Gasteiger partial charge in [0.25, 0.3) is 0 Å². The zero-order valence-electron chi connectivity index (χ0n) is 9.49. The number of fused-ring (bicyclic) bond motifs is 1. The number of hydrogen-bond donors (Lipinski definition) is 1. The molecule has 2 heterocycles. The number of nitrogens with zero attached hydrogens (tertiary/aromatic N) is 2. The van der Waals surface area contributed by atoms with Crippen LogP contribution in [-0.4, -0.2) is 31.2 Å². The van der Waals surface area contributed by atoms with E-state index >= 15 is 0 Å². The molecule has 1 saturated heterocycles. The van der Waals surface area contributed by atoms with Crippen molar-refractivity contribution in [3.63, 3.8) is 0 Å². The molecule has 1 aliphatic heterocycles. The first kappa shape index (κ1) is 11.0. The average molecular weight is 292 g/mol. The minimum Gasteiger partial charge on any atom is -0.367 e. The number of aromatic nitrogens is 1. The van der Waals surface area contributed by atoms with E-state index in [0.29, 0.717) is 0 Å². The van der Waals surface area contributed by atoms with Crippen LogP contribution in [-0.2, 0) is 0 Å². The Labute approximate surface area is 109 Å². The van der Waals surface area contributed by atoms with Gasteiger partial charge in [-0.15, -0.1) is 0 Å². The lowest BCUT2D eigenvalue weighted by Gasteiger charge is -2.30. The van der Waals surface area contributed by atoms with Crippen molar-refractivity contribution in [1.29, 1.82) is 0 Å². The SMILES string of the molecule is Brc1nc2ccccc2cc1N1CCNCC1. The highest BCUT2D eigenvalue weighted by molar-refractivity contribution is 9.10. The van der Waals surface area contributed by atoms with Crippen molar-refractivity contribution in [2.24, 2.45) is 0 Å². The number of benzene rings is 1. The van der Waals surface area contributed by atoms with Crippen molar-refractivity contribution in [3.05, 3.63) is 34.9 Å². The standard InChI is InChI=1S/C13H14BrN3/c14-13-12(17-7-5-15-6-8-17)9-10-3-1-2-4-11(10)16-13/h1-4,9,15H,5-8H2. The van der Waals surface area contributed by atoms with Crippen molar-refractivity contribution in [3.8, 4) is 0 Å². The molecule has 88 valence electrons. The Kier molecular flexibility index (Phi) is 2.99. The molecule has 4 heteroatoms. The number of piperazine rings is 1. The van der Waals surface area contributed by atoms with Gasteiger partial charge >= 0.3 is 0 Å². The third-order valence-electron chi connectivity index (χ3n) is 3.12. The summed E-state index contributed by atoms with van der Waals surface area (Å²) in [5.74, 6) is 0. The Balaban J connectivity index is 2.06. The van der Waals surface area contributed by atoms with Crippen LogP contribution in [0.2, 0.25) is 0 Å².